The zero-order valence-corrected chi connectivity index (χ0v) is 10.2. The van der Waals surface area contributed by atoms with Crippen LogP contribution in [0, 0.1) is 27.7 Å². The first-order valence-electron chi connectivity index (χ1n) is 5.15. The van der Waals surface area contributed by atoms with Gasteiger partial charge in [0.15, 0.2) is 0 Å². The van der Waals surface area contributed by atoms with Gasteiger partial charge >= 0.3 is 0 Å². The fourth-order valence-electron chi connectivity index (χ4n) is 1.67. The average Bonchev–Trinajstić information content (AvgIpc) is 2.09. The lowest BCUT2D eigenvalue weighted by molar-refractivity contribution is 0.967. The van der Waals surface area contributed by atoms with Gasteiger partial charge in [0.2, 0.25) is 0 Å². The Labute approximate surface area is 92.1 Å². The van der Waals surface area contributed by atoms with Gasteiger partial charge in [0.25, 0.3) is 0 Å². The SMILES string of the molecule is [CH2]CCCSc1c(C)cc(C)cc1C. The summed E-state index contributed by atoms with van der Waals surface area (Å²) in [4.78, 5) is 1.46. The number of rotatable bonds is 4. The lowest BCUT2D eigenvalue weighted by atomic mass is 10.1. The molecular formula is C13H19S. The monoisotopic (exact) mass is 207 g/mol. The standard InChI is InChI=1S/C13H19S/c1-5-6-7-14-13-11(3)8-10(2)9-12(13)4/h8-9H,1,5-7H2,2-4H3. The molecule has 1 heteroatoms. The second-order valence-electron chi connectivity index (χ2n) is 3.78. The highest BCUT2D eigenvalue weighted by molar-refractivity contribution is 7.99. The minimum absolute atomic E-state index is 1.04. The highest BCUT2D eigenvalue weighted by Crippen LogP contribution is 2.28. The molecule has 0 bridgehead atoms. The number of hydrogen-bond donors (Lipinski definition) is 0. The van der Waals surface area contributed by atoms with E-state index in [9.17, 15) is 0 Å². The van der Waals surface area contributed by atoms with Crippen LogP contribution in [0.25, 0.3) is 0 Å². The molecule has 0 nitrogen and oxygen atoms in total. The first-order valence-corrected chi connectivity index (χ1v) is 6.13. The summed E-state index contributed by atoms with van der Waals surface area (Å²) in [5.41, 5.74) is 4.19. The van der Waals surface area contributed by atoms with Crippen LogP contribution in [0.5, 0.6) is 0 Å². The maximum absolute atomic E-state index is 3.86. The predicted octanol–water partition coefficient (Wildman–Crippen LogP) is 4.32. The highest BCUT2D eigenvalue weighted by Gasteiger charge is 2.03. The van der Waals surface area contributed by atoms with Crippen molar-refractivity contribution in [3.63, 3.8) is 0 Å². The van der Waals surface area contributed by atoms with E-state index in [2.05, 4.69) is 39.8 Å². The van der Waals surface area contributed by atoms with E-state index in [1.54, 1.807) is 0 Å². The molecule has 0 saturated heterocycles. The summed E-state index contributed by atoms with van der Waals surface area (Å²) >= 11 is 1.97. The van der Waals surface area contributed by atoms with E-state index in [-0.39, 0.29) is 0 Å². The summed E-state index contributed by atoms with van der Waals surface area (Å²) in [5, 5.41) is 0. The van der Waals surface area contributed by atoms with Crippen LogP contribution in [-0.2, 0) is 0 Å². The quantitative estimate of drug-likeness (QED) is 0.523. The second-order valence-corrected chi connectivity index (χ2v) is 4.89. The molecule has 0 N–H and O–H groups in total. The first kappa shape index (κ1) is 11.6. The molecule has 1 radical (unpaired) electrons. The Hall–Kier alpha value is -0.430. The molecule has 0 saturated carbocycles. The van der Waals surface area contributed by atoms with E-state index in [0.29, 0.717) is 0 Å². The van der Waals surface area contributed by atoms with E-state index < -0.39 is 0 Å². The number of aryl methyl sites for hydroxylation is 3. The Bertz CT molecular complexity index is 279. The van der Waals surface area contributed by atoms with E-state index in [1.807, 2.05) is 11.8 Å². The maximum Gasteiger partial charge on any atom is 0.0131 e. The van der Waals surface area contributed by atoms with Crippen LogP contribution < -0.4 is 0 Å². The predicted molar refractivity (Wildman–Crippen MR) is 66.0 cm³/mol. The molecule has 0 atom stereocenters. The van der Waals surface area contributed by atoms with Gasteiger partial charge in [-0.05, 0) is 44.1 Å². The van der Waals surface area contributed by atoms with E-state index in [0.717, 1.165) is 6.42 Å². The van der Waals surface area contributed by atoms with Crippen molar-refractivity contribution in [2.45, 2.75) is 38.5 Å². The molecule has 77 valence electrons. The molecule has 0 fully saturated rings. The lowest BCUT2D eigenvalue weighted by Gasteiger charge is -2.10. The number of thioether (sulfide) groups is 1. The molecule has 0 aliphatic heterocycles. The number of benzene rings is 1. The van der Waals surface area contributed by atoms with Gasteiger partial charge in [-0.3, -0.25) is 0 Å². The fraction of sp³-hybridized carbons (Fsp3) is 0.462. The molecule has 0 aliphatic rings. The van der Waals surface area contributed by atoms with Crippen molar-refractivity contribution in [1.29, 1.82) is 0 Å². The molecule has 0 unspecified atom stereocenters. The second kappa shape index (κ2) is 5.45. The third-order valence-electron chi connectivity index (χ3n) is 2.25. The summed E-state index contributed by atoms with van der Waals surface area (Å²) < 4.78 is 0. The van der Waals surface area contributed by atoms with E-state index in [1.165, 1.54) is 33.8 Å². The topological polar surface area (TPSA) is 0 Å². The number of unbranched alkanes of at least 4 members (excludes halogenated alkanes) is 1. The van der Waals surface area contributed by atoms with Crippen LogP contribution in [0.1, 0.15) is 29.5 Å². The van der Waals surface area contributed by atoms with Crippen LogP contribution in [0.3, 0.4) is 0 Å². The van der Waals surface area contributed by atoms with Crippen LogP contribution in [0.15, 0.2) is 17.0 Å². The Morgan fingerprint density at radius 3 is 2.21 bits per heavy atom. The lowest BCUT2D eigenvalue weighted by Crippen LogP contribution is -1.89. The minimum atomic E-state index is 1.04. The Balaban J connectivity index is 2.75. The van der Waals surface area contributed by atoms with Crippen molar-refractivity contribution >= 4 is 11.8 Å². The normalized spacial score (nSPS) is 10.6. The van der Waals surface area contributed by atoms with E-state index in [4.69, 9.17) is 0 Å². The van der Waals surface area contributed by atoms with Crippen molar-refractivity contribution in [2.75, 3.05) is 5.75 Å². The van der Waals surface area contributed by atoms with Crippen molar-refractivity contribution in [1.82, 2.24) is 0 Å². The largest absolute Gasteiger partial charge is 0.126 e. The molecule has 1 aromatic carbocycles. The van der Waals surface area contributed by atoms with Crippen molar-refractivity contribution in [3.8, 4) is 0 Å². The zero-order valence-electron chi connectivity index (χ0n) is 9.39. The summed E-state index contributed by atoms with van der Waals surface area (Å²) in [6.07, 6.45) is 2.24. The fourth-order valence-corrected chi connectivity index (χ4v) is 2.80. The molecule has 0 heterocycles. The van der Waals surface area contributed by atoms with Gasteiger partial charge in [-0.25, -0.2) is 0 Å². The Morgan fingerprint density at radius 1 is 1.14 bits per heavy atom. The van der Waals surface area contributed by atoms with Gasteiger partial charge < -0.3 is 0 Å². The molecule has 1 rings (SSSR count). The molecular weight excluding hydrogens is 188 g/mol. The number of hydrogen-bond acceptors (Lipinski definition) is 1. The summed E-state index contributed by atoms with van der Waals surface area (Å²) in [6, 6.07) is 4.53. The third-order valence-corrected chi connectivity index (χ3v) is 3.67. The zero-order chi connectivity index (χ0) is 10.6. The van der Waals surface area contributed by atoms with Gasteiger partial charge in [-0.15, -0.1) is 11.8 Å². The van der Waals surface area contributed by atoms with Crippen LogP contribution in [0.4, 0.5) is 0 Å². The Kier molecular flexibility index (Phi) is 4.53. The van der Waals surface area contributed by atoms with Gasteiger partial charge in [0, 0.05) is 4.90 Å². The summed E-state index contributed by atoms with van der Waals surface area (Å²) in [7, 11) is 0. The van der Waals surface area contributed by atoms with Crippen molar-refractivity contribution < 1.29 is 0 Å². The van der Waals surface area contributed by atoms with Gasteiger partial charge in [0.05, 0.1) is 0 Å². The third kappa shape index (κ3) is 3.06. The molecule has 0 aliphatic carbocycles. The van der Waals surface area contributed by atoms with E-state index >= 15 is 0 Å². The van der Waals surface area contributed by atoms with Crippen LogP contribution in [-0.4, -0.2) is 5.75 Å². The molecule has 0 spiro atoms. The van der Waals surface area contributed by atoms with Gasteiger partial charge in [0.1, 0.15) is 0 Å². The summed E-state index contributed by atoms with van der Waals surface area (Å²) in [6.45, 7) is 10.4. The smallest absolute Gasteiger partial charge is 0.0131 e. The maximum atomic E-state index is 3.86. The first-order chi connectivity index (χ1) is 6.65. The molecule has 0 aromatic heterocycles. The summed E-state index contributed by atoms with van der Waals surface area (Å²) in [5.74, 6) is 1.19. The van der Waals surface area contributed by atoms with Gasteiger partial charge in [-0.1, -0.05) is 31.0 Å². The van der Waals surface area contributed by atoms with Crippen LogP contribution in [0.2, 0.25) is 0 Å². The van der Waals surface area contributed by atoms with Crippen molar-refractivity contribution in [3.05, 3.63) is 35.7 Å². The highest BCUT2D eigenvalue weighted by atomic mass is 32.2. The molecule has 14 heavy (non-hydrogen) atoms. The molecule has 0 amide bonds. The minimum Gasteiger partial charge on any atom is -0.126 e. The van der Waals surface area contributed by atoms with Crippen molar-refractivity contribution in [2.24, 2.45) is 0 Å². The van der Waals surface area contributed by atoms with Gasteiger partial charge in [-0.2, -0.15) is 0 Å². The Morgan fingerprint density at radius 2 is 1.71 bits per heavy atom. The molecule has 1 aromatic rings. The van der Waals surface area contributed by atoms with Crippen LogP contribution >= 0.6 is 11.8 Å². The average molecular weight is 207 g/mol.